The van der Waals surface area contributed by atoms with Crippen molar-refractivity contribution >= 4 is 11.6 Å². The predicted molar refractivity (Wildman–Crippen MR) is 81.6 cm³/mol. The van der Waals surface area contributed by atoms with E-state index in [1.807, 2.05) is 26.0 Å². The van der Waals surface area contributed by atoms with E-state index >= 15 is 0 Å². The highest BCUT2D eigenvalue weighted by atomic mass is 35.5. The van der Waals surface area contributed by atoms with Gasteiger partial charge in [-0.25, -0.2) is 9.97 Å². The Labute approximate surface area is 125 Å². The van der Waals surface area contributed by atoms with E-state index in [9.17, 15) is 0 Å². The normalized spacial score (nSPS) is 10.8. The fourth-order valence-corrected chi connectivity index (χ4v) is 2.39. The van der Waals surface area contributed by atoms with Crippen LogP contribution in [-0.2, 0) is 6.42 Å². The van der Waals surface area contributed by atoms with Crippen LogP contribution in [-0.4, -0.2) is 9.97 Å². The Morgan fingerprint density at radius 3 is 2.45 bits per heavy atom. The number of rotatable bonds is 5. The SMILES string of the molecule is CCCc1ccc(Oc2ncnc(Cl)c2C(C)C)cc1. The van der Waals surface area contributed by atoms with Crippen LogP contribution in [0.15, 0.2) is 30.6 Å². The molecule has 4 heteroatoms. The van der Waals surface area contributed by atoms with Crippen molar-refractivity contribution in [3.05, 3.63) is 46.9 Å². The third-order valence-corrected chi connectivity index (χ3v) is 3.35. The van der Waals surface area contributed by atoms with Crippen LogP contribution in [0.5, 0.6) is 11.6 Å². The van der Waals surface area contributed by atoms with E-state index in [1.54, 1.807) is 0 Å². The van der Waals surface area contributed by atoms with Gasteiger partial charge in [0.1, 0.15) is 17.2 Å². The summed E-state index contributed by atoms with van der Waals surface area (Å²) in [5.74, 6) is 1.50. The quantitative estimate of drug-likeness (QED) is 0.727. The van der Waals surface area contributed by atoms with E-state index in [4.69, 9.17) is 16.3 Å². The highest BCUT2D eigenvalue weighted by Crippen LogP contribution is 2.32. The summed E-state index contributed by atoms with van der Waals surface area (Å²) in [6.07, 6.45) is 3.64. The number of hydrogen-bond donors (Lipinski definition) is 0. The Morgan fingerprint density at radius 2 is 1.85 bits per heavy atom. The van der Waals surface area contributed by atoms with E-state index in [-0.39, 0.29) is 5.92 Å². The van der Waals surface area contributed by atoms with Crippen molar-refractivity contribution in [3.8, 4) is 11.6 Å². The summed E-state index contributed by atoms with van der Waals surface area (Å²) in [5.41, 5.74) is 2.15. The molecule has 1 heterocycles. The third-order valence-electron chi connectivity index (χ3n) is 3.05. The number of ether oxygens (including phenoxy) is 1. The molecule has 0 fully saturated rings. The van der Waals surface area contributed by atoms with E-state index in [0.717, 1.165) is 24.2 Å². The minimum Gasteiger partial charge on any atom is -0.439 e. The predicted octanol–water partition coefficient (Wildman–Crippen LogP) is 5.00. The number of benzene rings is 1. The highest BCUT2D eigenvalue weighted by molar-refractivity contribution is 6.30. The topological polar surface area (TPSA) is 35.0 Å². The Balaban J connectivity index is 2.23. The first-order chi connectivity index (χ1) is 9.61. The van der Waals surface area contributed by atoms with Gasteiger partial charge in [-0.3, -0.25) is 0 Å². The Hall–Kier alpha value is -1.61. The average Bonchev–Trinajstić information content (AvgIpc) is 2.41. The van der Waals surface area contributed by atoms with E-state index in [0.29, 0.717) is 11.0 Å². The van der Waals surface area contributed by atoms with Crippen molar-refractivity contribution in [3.63, 3.8) is 0 Å². The van der Waals surface area contributed by atoms with Gasteiger partial charge in [-0.15, -0.1) is 0 Å². The largest absolute Gasteiger partial charge is 0.439 e. The van der Waals surface area contributed by atoms with Gasteiger partial charge >= 0.3 is 0 Å². The van der Waals surface area contributed by atoms with Gasteiger partial charge in [0.2, 0.25) is 5.88 Å². The zero-order chi connectivity index (χ0) is 14.5. The lowest BCUT2D eigenvalue weighted by molar-refractivity contribution is 0.451. The first kappa shape index (κ1) is 14.8. The first-order valence-corrected chi connectivity index (χ1v) is 7.26. The standard InChI is InChI=1S/C16H19ClN2O/c1-4-5-12-6-8-13(9-7-12)20-16-14(11(2)3)15(17)18-10-19-16/h6-11H,4-5H2,1-3H3. The molecule has 0 aliphatic heterocycles. The maximum atomic E-state index is 6.13. The molecule has 3 nitrogen and oxygen atoms in total. The number of aryl methyl sites for hydroxylation is 1. The Bertz CT molecular complexity index is 567. The van der Waals surface area contributed by atoms with Gasteiger partial charge < -0.3 is 4.74 Å². The zero-order valence-corrected chi connectivity index (χ0v) is 12.8. The van der Waals surface area contributed by atoms with Crippen molar-refractivity contribution in [1.29, 1.82) is 0 Å². The molecule has 20 heavy (non-hydrogen) atoms. The van der Waals surface area contributed by atoms with Gasteiger partial charge in [-0.05, 0) is 30.0 Å². The molecule has 106 valence electrons. The summed E-state index contributed by atoms with van der Waals surface area (Å²) in [6, 6.07) is 8.09. The van der Waals surface area contributed by atoms with Gasteiger partial charge in [0.15, 0.2) is 0 Å². The van der Waals surface area contributed by atoms with Crippen molar-refractivity contribution in [2.24, 2.45) is 0 Å². The maximum Gasteiger partial charge on any atom is 0.227 e. The molecule has 0 aliphatic rings. The number of nitrogens with zero attached hydrogens (tertiary/aromatic N) is 2. The molecule has 1 aromatic carbocycles. The third kappa shape index (κ3) is 3.48. The molecule has 0 unspecified atom stereocenters. The second-order valence-corrected chi connectivity index (χ2v) is 5.39. The second kappa shape index (κ2) is 6.71. The van der Waals surface area contributed by atoms with Crippen LogP contribution in [0.2, 0.25) is 5.15 Å². The van der Waals surface area contributed by atoms with Crippen molar-refractivity contribution in [2.45, 2.75) is 39.5 Å². The molecule has 0 saturated carbocycles. The fourth-order valence-electron chi connectivity index (χ4n) is 2.05. The lowest BCUT2D eigenvalue weighted by atomic mass is 10.1. The molecule has 0 atom stereocenters. The van der Waals surface area contributed by atoms with Crippen LogP contribution in [0.4, 0.5) is 0 Å². The molecule has 0 spiro atoms. The van der Waals surface area contributed by atoms with Crippen LogP contribution in [0.1, 0.15) is 44.2 Å². The van der Waals surface area contributed by atoms with E-state index in [1.165, 1.54) is 11.9 Å². The van der Waals surface area contributed by atoms with Crippen LogP contribution < -0.4 is 4.74 Å². The molecule has 0 amide bonds. The lowest BCUT2D eigenvalue weighted by Gasteiger charge is -2.13. The van der Waals surface area contributed by atoms with Crippen molar-refractivity contribution in [2.75, 3.05) is 0 Å². The molecular weight excluding hydrogens is 272 g/mol. The highest BCUT2D eigenvalue weighted by Gasteiger charge is 2.15. The fraction of sp³-hybridized carbons (Fsp3) is 0.375. The van der Waals surface area contributed by atoms with E-state index < -0.39 is 0 Å². The summed E-state index contributed by atoms with van der Waals surface area (Å²) < 4.78 is 5.85. The number of hydrogen-bond acceptors (Lipinski definition) is 3. The second-order valence-electron chi connectivity index (χ2n) is 5.03. The summed E-state index contributed by atoms with van der Waals surface area (Å²) in [4.78, 5) is 8.21. The zero-order valence-electron chi connectivity index (χ0n) is 12.1. The van der Waals surface area contributed by atoms with Gasteiger partial charge in [0.25, 0.3) is 0 Å². The van der Waals surface area contributed by atoms with Crippen LogP contribution in [0, 0.1) is 0 Å². The molecule has 0 aliphatic carbocycles. The summed E-state index contributed by atoms with van der Waals surface area (Å²) in [5, 5.41) is 0.451. The van der Waals surface area contributed by atoms with Gasteiger partial charge in [-0.1, -0.05) is 50.9 Å². The van der Waals surface area contributed by atoms with Crippen molar-refractivity contribution < 1.29 is 4.74 Å². The number of halogens is 1. The van der Waals surface area contributed by atoms with Crippen LogP contribution >= 0.6 is 11.6 Å². The molecule has 1 aromatic heterocycles. The number of aromatic nitrogens is 2. The summed E-state index contributed by atoms with van der Waals surface area (Å²) >= 11 is 6.13. The minimum atomic E-state index is 0.207. The van der Waals surface area contributed by atoms with Gasteiger partial charge in [-0.2, -0.15) is 0 Å². The average molecular weight is 291 g/mol. The Kier molecular flexibility index (Phi) is 4.96. The molecule has 0 saturated heterocycles. The summed E-state index contributed by atoms with van der Waals surface area (Å²) in [6.45, 7) is 6.26. The Morgan fingerprint density at radius 1 is 1.15 bits per heavy atom. The minimum absolute atomic E-state index is 0.207. The monoisotopic (exact) mass is 290 g/mol. The van der Waals surface area contributed by atoms with Crippen LogP contribution in [0.3, 0.4) is 0 Å². The molecule has 2 rings (SSSR count). The van der Waals surface area contributed by atoms with Gasteiger partial charge in [0.05, 0.1) is 5.56 Å². The lowest BCUT2D eigenvalue weighted by Crippen LogP contribution is -1.99. The van der Waals surface area contributed by atoms with E-state index in [2.05, 4.69) is 29.0 Å². The smallest absolute Gasteiger partial charge is 0.227 e. The molecule has 0 N–H and O–H groups in total. The molecule has 2 aromatic rings. The van der Waals surface area contributed by atoms with Gasteiger partial charge in [0, 0.05) is 0 Å². The van der Waals surface area contributed by atoms with Crippen LogP contribution in [0.25, 0.3) is 0 Å². The van der Waals surface area contributed by atoms with Crippen molar-refractivity contribution in [1.82, 2.24) is 9.97 Å². The maximum absolute atomic E-state index is 6.13. The summed E-state index contributed by atoms with van der Waals surface area (Å²) in [7, 11) is 0. The molecular formula is C16H19ClN2O. The molecule has 0 radical (unpaired) electrons. The first-order valence-electron chi connectivity index (χ1n) is 6.89. The molecule has 0 bridgehead atoms.